The molecule has 1 fully saturated rings. The largest absolute Gasteiger partial charge is 0.369 e. The summed E-state index contributed by atoms with van der Waals surface area (Å²) in [6.45, 7) is 7.41. The minimum absolute atomic E-state index is 0.901. The molecule has 2 rings (SSSR count). The number of anilines is 2. The van der Waals surface area contributed by atoms with Gasteiger partial charge < -0.3 is 10.2 Å². The maximum atomic E-state index is 4.84. The van der Waals surface area contributed by atoms with E-state index < -0.39 is 0 Å². The van der Waals surface area contributed by atoms with Crippen LogP contribution in [0, 0.1) is 3.57 Å². The lowest BCUT2D eigenvalue weighted by Gasteiger charge is -2.22. The van der Waals surface area contributed by atoms with Crippen LogP contribution in [0.1, 0.15) is 51.6 Å². The summed E-state index contributed by atoms with van der Waals surface area (Å²) in [4.78, 5) is 12.0. The third kappa shape index (κ3) is 3.96. The highest BCUT2D eigenvalue weighted by Gasteiger charge is 2.17. The van der Waals surface area contributed by atoms with Crippen LogP contribution in [0.2, 0.25) is 0 Å². The van der Waals surface area contributed by atoms with Crippen LogP contribution in [0.5, 0.6) is 0 Å². The van der Waals surface area contributed by atoms with Gasteiger partial charge >= 0.3 is 0 Å². The highest BCUT2D eigenvalue weighted by Crippen LogP contribution is 2.25. The van der Waals surface area contributed by atoms with Crippen molar-refractivity contribution in [2.24, 2.45) is 0 Å². The van der Waals surface area contributed by atoms with E-state index >= 15 is 0 Å². The molecule has 1 aromatic heterocycles. The Morgan fingerprint density at radius 1 is 1.10 bits per heavy atom. The van der Waals surface area contributed by atoms with E-state index in [0.717, 1.165) is 44.2 Å². The van der Waals surface area contributed by atoms with Gasteiger partial charge in [0.05, 0.1) is 9.26 Å². The van der Waals surface area contributed by atoms with Crippen molar-refractivity contribution in [1.29, 1.82) is 0 Å². The van der Waals surface area contributed by atoms with Gasteiger partial charge in [0.25, 0.3) is 0 Å². The summed E-state index contributed by atoms with van der Waals surface area (Å²) in [7, 11) is 0. The van der Waals surface area contributed by atoms with Crippen molar-refractivity contribution in [3.63, 3.8) is 0 Å². The zero-order valence-corrected chi connectivity index (χ0v) is 14.7. The lowest BCUT2D eigenvalue weighted by molar-refractivity contribution is 0.726. The maximum absolute atomic E-state index is 4.84. The van der Waals surface area contributed by atoms with Crippen molar-refractivity contribution in [3.8, 4) is 0 Å². The van der Waals surface area contributed by atoms with E-state index in [1.807, 2.05) is 0 Å². The minimum Gasteiger partial charge on any atom is -0.369 e. The average Bonchev–Trinajstić information content (AvgIpc) is 2.72. The quantitative estimate of drug-likeness (QED) is 0.779. The summed E-state index contributed by atoms with van der Waals surface area (Å²) in [5.41, 5.74) is 1.19. The zero-order chi connectivity index (χ0) is 14.4. The molecule has 112 valence electrons. The first-order valence-corrected chi connectivity index (χ1v) is 8.89. The third-order valence-electron chi connectivity index (χ3n) is 3.63. The topological polar surface area (TPSA) is 41.1 Å². The number of aromatic nitrogens is 2. The van der Waals surface area contributed by atoms with Crippen molar-refractivity contribution in [2.45, 2.75) is 52.4 Å². The Morgan fingerprint density at radius 3 is 2.40 bits per heavy atom. The molecule has 2 heterocycles. The highest BCUT2D eigenvalue weighted by molar-refractivity contribution is 14.1. The van der Waals surface area contributed by atoms with Crippen molar-refractivity contribution in [2.75, 3.05) is 29.9 Å². The Hall–Kier alpha value is -0.590. The average molecular weight is 388 g/mol. The zero-order valence-electron chi connectivity index (χ0n) is 12.6. The molecule has 0 aliphatic carbocycles. The van der Waals surface area contributed by atoms with Crippen LogP contribution >= 0.6 is 22.6 Å². The molecule has 1 aliphatic rings. The molecule has 1 saturated heterocycles. The molecule has 20 heavy (non-hydrogen) atoms. The summed E-state index contributed by atoms with van der Waals surface area (Å²) in [6.07, 6.45) is 7.34. The number of nitrogens with one attached hydrogen (secondary N) is 1. The third-order valence-corrected chi connectivity index (χ3v) is 4.76. The van der Waals surface area contributed by atoms with Gasteiger partial charge in [0.1, 0.15) is 5.82 Å². The Morgan fingerprint density at radius 2 is 1.80 bits per heavy atom. The van der Waals surface area contributed by atoms with Crippen LogP contribution in [0.25, 0.3) is 0 Å². The highest BCUT2D eigenvalue weighted by atomic mass is 127. The summed E-state index contributed by atoms with van der Waals surface area (Å²) in [6, 6.07) is 0. The molecule has 5 heteroatoms. The van der Waals surface area contributed by atoms with Crippen LogP contribution in [-0.4, -0.2) is 29.6 Å². The van der Waals surface area contributed by atoms with Gasteiger partial charge in [0.2, 0.25) is 5.95 Å². The lowest BCUT2D eigenvalue weighted by atomic mass is 10.2. The van der Waals surface area contributed by atoms with Crippen molar-refractivity contribution >= 4 is 34.4 Å². The molecule has 1 N–H and O–H groups in total. The SMILES string of the molecule is CCCc1nc(N2CCCCCC2)nc(NCC)c1I. The van der Waals surface area contributed by atoms with Crippen LogP contribution in [0.15, 0.2) is 0 Å². The van der Waals surface area contributed by atoms with E-state index in [4.69, 9.17) is 9.97 Å². The van der Waals surface area contributed by atoms with E-state index in [2.05, 4.69) is 46.7 Å². The second-order valence-electron chi connectivity index (χ2n) is 5.31. The van der Waals surface area contributed by atoms with Crippen LogP contribution < -0.4 is 10.2 Å². The predicted molar refractivity (Wildman–Crippen MR) is 93.6 cm³/mol. The van der Waals surface area contributed by atoms with Crippen molar-refractivity contribution < 1.29 is 0 Å². The van der Waals surface area contributed by atoms with Gasteiger partial charge in [0.15, 0.2) is 0 Å². The maximum Gasteiger partial charge on any atom is 0.227 e. The molecule has 0 amide bonds. The number of halogens is 1. The smallest absolute Gasteiger partial charge is 0.227 e. The fraction of sp³-hybridized carbons (Fsp3) is 0.733. The summed E-state index contributed by atoms with van der Waals surface area (Å²) < 4.78 is 1.19. The molecule has 4 nitrogen and oxygen atoms in total. The van der Waals surface area contributed by atoms with Gasteiger partial charge in [0, 0.05) is 19.6 Å². The Labute approximate surface area is 135 Å². The molecule has 0 aromatic carbocycles. The summed E-state index contributed by atoms with van der Waals surface area (Å²) in [5.74, 6) is 1.93. The first-order valence-electron chi connectivity index (χ1n) is 7.81. The summed E-state index contributed by atoms with van der Waals surface area (Å²) in [5, 5.41) is 3.38. The summed E-state index contributed by atoms with van der Waals surface area (Å²) >= 11 is 2.38. The number of hydrogen-bond donors (Lipinski definition) is 1. The van der Waals surface area contributed by atoms with Gasteiger partial charge in [-0.25, -0.2) is 4.98 Å². The molecule has 0 unspecified atom stereocenters. The van der Waals surface area contributed by atoms with Crippen molar-refractivity contribution in [1.82, 2.24) is 9.97 Å². The Kier molecular flexibility index (Phi) is 6.32. The number of rotatable bonds is 5. The molecular formula is C15H25IN4. The molecule has 0 saturated carbocycles. The van der Waals surface area contributed by atoms with Gasteiger partial charge in [-0.1, -0.05) is 26.2 Å². The molecule has 1 aliphatic heterocycles. The van der Waals surface area contributed by atoms with E-state index in [0.29, 0.717) is 0 Å². The molecule has 0 bridgehead atoms. The number of aryl methyl sites for hydroxylation is 1. The van der Waals surface area contributed by atoms with E-state index in [-0.39, 0.29) is 0 Å². The van der Waals surface area contributed by atoms with E-state index in [1.54, 1.807) is 0 Å². The standard InChI is InChI=1S/C15H25IN4/c1-3-9-12-13(16)14(17-4-2)19-15(18-12)20-10-7-5-6-8-11-20/h3-11H2,1-2H3,(H,17,18,19). The van der Waals surface area contributed by atoms with Gasteiger partial charge in [-0.2, -0.15) is 4.98 Å². The molecule has 1 aromatic rings. The van der Waals surface area contributed by atoms with Gasteiger partial charge in [-0.05, 0) is 48.8 Å². The van der Waals surface area contributed by atoms with Crippen LogP contribution in [0.3, 0.4) is 0 Å². The van der Waals surface area contributed by atoms with E-state index in [9.17, 15) is 0 Å². The van der Waals surface area contributed by atoms with Gasteiger partial charge in [-0.3, -0.25) is 0 Å². The Balaban J connectivity index is 2.30. The second-order valence-corrected chi connectivity index (χ2v) is 6.39. The fourth-order valence-corrected chi connectivity index (χ4v) is 3.28. The molecule has 0 radical (unpaired) electrons. The fourth-order valence-electron chi connectivity index (χ4n) is 2.58. The Bertz CT molecular complexity index is 401. The van der Waals surface area contributed by atoms with Crippen LogP contribution in [0.4, 0.5) is 11.8 Å². The number of nitrogens with zero attached hydrogens (tertiary/aromatic N) is 3. The minimum atomic E-state index is 0.901. The normalized spacial score (nSPS) is 16.1. The first kappa shape index (κ1) is 15.8. The van der Waals surface area contributed by atoms with Crippen molar-refractivity contribution in [3.05, 3.63) is 9.26 Å². The first-order chi connectivity index (χ1) is 9.76. The van der Waals surface area contributed by atoms with Gasteiger partial charge in [-0.15, -0.1) is 0 Å². The number of hydrogen-bond acceptors (Lipinski definition) is 4. The molecular weight excluding hydrogens is 363 g/mol. The van der Waals surface area contributed by atoms with E-state index in [1.165, 1.54) is 34.9 Å². The van der Waals surface area contributed by atoms with Crippen LogP contribution in [-0.2, 0) is 6.42 Å². The predicted octanol–water partition coefficient (Wildman–Crippen LogP) is 3.85. The molecule has 0 atom stereocenters. The lowest BCUT2D eigenvalue weighted by Crippen LogP contribution is -2.27. The monoisotopic (exact) mass is 388 g/mol. The second kappa shape index (κ2) is 8.00. The molecule has 0 spiro atoms.